The predicted molar refractivity (Wildman–Crippen MR) is 72.6 cm³/mol. The van der Waals surface area contributed by atoms with Crippen molar-refractivity contribution in [2.24, 2.45) is 0 Å². The number of aryl methyl sites for hydroxylation is 1. The molecule has 0 unspecified atom stereocenters. The van der Waals surface area contributed by atoms with Gasteiger partial charge in [0.2, 0.25) is 0 Å². The molecule has 0 saturated carbocycles. The van der Waals surface area contributed by atoms with E-state index in [4.69, 9.17) is 17.3 Å². The minimum Gasteiger partial charge on any atom is -0.384 e. The van der Waals surface area contributed by atoms with E-state index in [1.165, 1.54) is 4.88 Å². The molecule has 0 aliphatic heterocycles. The number of nitrogens with zero attached hydrogens (tertiary/aromatic N) is 3. The quantitative estimate of drug-likeness (QED) is 0.930. The maximum absolute atomic E-state index is 5.89. The van der Waals surface area contributed by atoms with Crippen molar-refractivity contribution in [2.75, 3.05) is 17.7 Å². The standard InChI is InChI=1S/C11H13ClN4S/c1-7-14-10(13)5-11(15-7)16(2)6-8-3-4-9(12)17-8/h3-5H,6H2,1-2H3,(H2,13,14,15). The highest BCUT2D eigenvalue weighted by atomic mass is 35.5. The van der Waals surface area contributed by atoms with E-state index in [1.807, 2.05) is 31.0 Å². The monoisotopic (exact) mass is 268 g/mol. The summed E-state index contributed by atoms with van der Waals surface area (Å²) in [6, 6.07) is 5.68. The fraction of sp³-hybridized carbons (Fsp3) is 0.273. The first-order valence-electron chi connectivity index (χ1n) is 5.11. The predicted octanol–water partition coefficient (Wildman–Crippen LogP) is 2.72. The molecule has 0 aliphatic carbocycles. The fourth-order valence-corrected chi connectivity index (χ4v) is 2.66. The first-order valence-corrected chi connectivity index (χ1v) is 6.30. The highest BCUT2D eigenvalue weighted by molar-refractivity contribution is 7.16. The molecule has 0 aliphatic rings. The van der Waals surface area contributed by atoms with E-state index in [0.717, 1.165) is 16.7 Å². The Hall–Kier alpha value is -1.33. The summed E-state index contributed by atoms with van der Waals surface area (Å²) in [4.78, 5) is 11.6. The molecule has 0 radical (unpaired) electrons. The van der Waals surface area contributed by atoms with Crippen molar-refractivity contribution in [3.8, 4) is 0 Å². The van der Waals surface area contributed by atoms with Crippen LogP contribution in [0.4, 0.5) is 11.6 Å². The summed E-state index contributed by atoms with van der Waals surface area (Å²) in [5.74, 6) is 1.99. The molecule has 0 amide bonds. The second-order valence-corrected chi connectivity index (χ2v) is 5.56. The van der Waals surface area contributed by atoms with Crippen LogP contribution in [-0.4, -0.2) is 17.0 Å². The molecule has 17 heavy (non-hydrogen) atoms. The van der Waals surface area contributed by atoms with Crippen LogP contribution in [0.2, 0.25) is 4.34 Å². The maximum Gasteiger partial charge on any atom is 0.134 e. The Bertz CT molecular complexity index is 506. The van der Waals surface area contributed by atoms with Gasteiger partial charge in [-0.05, 0) is 19.1 Å². The lowest BCUT2D eigenvalue weighted by Gasteiger charge is -2.17. The van der Waals surface area contributed by atoms with Gasteiger partial charge in [0.1, 0.15) is 17.5 Å². The van der Waals surface area contributed by atoms with Gasteiger partial charge in [-0.2, -0.15) is 0 Å². The number of aromatic nitrogens is 2. The lowest BCUT2D eigenvalue weighted by Crippen LogP contribution is -2.18. The van der Waals surface area contributed by atoms with Crippen molar-refractivity contribution in [3.63, 3.8) is 0 Å². The molecule has 0 spiro atoms. The van der Waals surface area contributed by atoms with E-state index >= 15 is 0 Å². The first kappa shape index (κ1) is 12.1. The van der Waals surface area contributed by atoms with Crippen LogP contribution in [-0.2, 0) is 6.54 Å². The Kier molecular flexibility index (Phi) is 3.49. The third-order valence-corrected chi connectivity index (χ3v) is 3.47. The van der Waals surface area contributed by atoms with Crippen LogP contribution in [0.1, 0.15) is 10.7 Å². The number of nitrogen functional groups attached to an aromatic ring is 1. The van der Waals surface area contributed by atoms with Crippen LogP contribution in [0.3, 0.4) is 0 Å². The number of anilines is 2. The maximum atomic E-state index is 5.89. The molecular weight excluding hydrogens is 256 g/mol. The minimum absolute atomic E-state index is 0.489. The summed E-state index contributed by atoms with van der Waals surface area (Å²) in [5.41, 5.74) is 5.70. The number of hydrogen-bond donors (Lipinski definition) is 1. The van der Waals surface area contributed by atoms with Gasteiger partial charge < -0.3 is 10.6 Å². The molecule has 0 saturated heterocycles. The number of nitrogens with two attached hydrogens (primary N) is 1. The number of rotatable bonds is 3. The fourth-order valence-electron chi connectivity index (χ4n) is 1.52. The SMILES string of the molecule is Cc1nc(N)cc(N(C)Cc2ccc(Cl)s2)n1. The zero-order valence-corrected chi connectivity index (χ0v) is 11.2. The van der Waals surface area contributed by atoms with Crippen molar-refractivity contribution in [1.82, 2.24) is 9.97 Å². The highest BCUT2D eigenvalue weighted by Gasteiger charge is 2.07. The van der Waals surface area contributed by atoms with Gasteiger partial charge in [-0.15, -0.1) is 11.3 Å². The third-order valence-electron chi connectivity index (χ3n) is 2.26. The van der Waals surface area contributed by atoms with Crippen molar-refractivity contribution >= 4 is 34.6 Å². The molecule has 0 fully saturated rings. The van der Waals surface area contributed by atoms with Gasteiger partial charge in [0, 0.05) is 18.0 Å². The normalized spacial score (nSPS) is 10.5. The molecular formula is C11H13ClN4S. The molecule has 0 aromatic carbocycles. The summed E-state index contributed by atoms with van der Waals surface area (Å²) in [5, 5.41) is 0. The Labute approximate surface area is 109 Å². The van der Waals surface area contributed by atoms with Gasteiger partial charge in [0.15, 0.2) is 0 Å². The Morgan fingerprint density at radius 3 is 2.76 bits per heavy atom. The lowest BCUT2D eigenvalue weighted by molar-refractivity contribution is 0.893. The highest BCUT2D eigenvalue weighted by Crippen LogP contribution is 2.24. The Balaban J connectivity index is 2.16. The van der Waals surface area contributed by atoms with Gasteiger partial charge in [-0.1, -0.05) is 11.6 Å². The number of halogens is 1. The summed E-state index contributed by atoms with van der Waals surface area (Å²) in [6.45, 7) is 2.59. The van der Waals surface area contributed by atoms with Crippen LogP contribution in [0.25, 0.3) is 0 Å². The molecule has 4 nitrogen and oxygen atoms in total. The topological polar surface area (TPSA) is 55.0 Å². The molecule has 0 atom stereocenters. The summed E-state index contributed by atoms with van der Waals surface area (Å²) < 4.78 is 0.798. The van der Waals surface area contributed by atoms with Gasteiger partial charge in [-0.3, -0.25) is 0 Å². The summed E-state index contributed by atoms with van der Waals surface area (Å²) >= 11 is 7.46. The zero-order valence-electron chi connectivity index (χ0n) is 9.64. The largest absolute Gasteiger partial charge is 0.384 e. The zero-order chi connectivity index (χ0) is 12.4. The second-order valence-electron chi connectivity index (χ2n) is 3.76. The van der Waals surface area contributed by atoms with Crippen LogP contribution >= 0.6 is 22.9 Å². The Morgan fingerprint density at radius 1 is 1.41 bits per heavy atom. The van der Waals surface area contributed by atoms with Crippen LogP contribution in [0.5, 0.6) is 0 Å². The van der Waals surface area contributed by atoms with Crippen LogP contribution in [0, 0.1) is 6.92 Å². The van der Waals surface area contributed by atoms with Gasteiger partial charge in [0.05, 0.1) is 10.9 Å². The second kappa shape index (κ2) is 4.89. The van der Waals surface area contributed by atoms with Gasteiger partial charge in [-0.25, -0.2) is 9.97 Å². The van der Waals surface area contributed by atoms with Crippen molar-refractivity contribution in [1.29, 1.82) is 0 Å². The molecule has 90 valence electrons. The van der Waals surface area contributed by atoms with Crippen LogP contribution in [0.15, 0.2) is 18.2 Å². The van der Waals surface area contributed by atoms with Crippen molar-refractivity contribution in [3.05, 3.63) is 33.2 Å². The van der Waals surface area contributed by atoms with E-state index in [1.54, 1.807) is 17.4 Å². The van der Waals surface area contributed by atoms with E-state index in [9.17, 15) is 0 Å². The molecule has 2 N–H and O–H groups in total. The van der Waals surface area contributed by atoms with E-state index in [2.05, 4.69) is 9.97 Å². The van der Waals surface area contributed by atoms with Gasteiger partial charge in [0.25, 0.3) is 0 Å². The molecule has 6 heteroatoms. The average molecular weight is 269 g/mol. The molecule has 2 aromatic heterocycles. The average Bonchev–Trinajstić information content (AvgIpc) is 2.62. The van der Waals surface area contributed by atoms with E-state index in [-0.39, 0.29) is 0 Å². The summed E-state index contributed by atoms with van der Waals surface area (Å²) in [6.07, 6.45) is 0. The van der Waals surface area contributed by atoms with Crippen molar-refractivity contribution in [2.45, 2.75) is 13.5 Å². The van der Waals surface area contributed by atoms with Crippen LogP contribution < -0.4 is 10.6 Å². The molecule has 2 heterocycles. The van der Waals surface area contributed by atoms with E-state index < -0.39 is 0 Å². The first-order chi connectivity index (χ1) is 8.04. The third kappa shape index (κ3) is 3.08. The molecule has 2 rings (SSSR count). The smallest absolute Gasteiger partial charge is 0.134 e. The Morgan fingerprint density at radius 2 is 2.18 bits per heavy atom. The summed E-state index contributed by atoms with van der Waals surface area (Å²) in [7, 11) is 1.97. The van der Waals surface area contributed by atoms with Gasteiger partial charge >= 0.3 is 0 Å². The minimum atomic E-state index is 0.489. The van der Waals surface area contributed by atoms with Crippen molar-refractivity contribution < 1.29 is 0 Å². The molecule has 0 bridgehead atoms. The molecule has 2 aromatic rings. The lowest BCUT2D eigenvalue weighted by atomic mass is 10.4. The van der Waals surface area contributed by atoms with E-state index in [0.29, 0.717) is 11.6 Å². The number of hydrogen-bond acceptors (Lipinski definition) is 5. The number of thiophene rings is 1.